The summed E-state index contributed by atoms with van der Waals surface area (Å²) in [7, 11) is -2.11. The molecule has 0 bridgehead atoms. The Hall–Kier alpha value is -2.76. The number of amides is 1. The minimum atomic E-state index is -3.65. The first-order chi connectivity index (χ1) is 15.4. The Morgan fingerprint density at radius 1 is 1.31 bits per heavy atom. The molecule has 32 heavy (non-hydrogen) atoms. The van der Waals surface area contributed by atoms with E-state index in [9.17, 15) is 13.2 Å². The highest BCUT2D eigenvalue weighted by molar-refractivity contribution is 7.91. The molecule has 9 nitrogen and oxygen atoms in total. The third-order valence-electron chi connectivity index (χ3n) is 5.39. The Morgan fingerprint density at radius 3 is 2.75 bits per heavy atom. The van der Waals surface area contributed by atoms with Crippen LogP contribution < -0.4 is 10.1 Å². The number of sulfonamides is 1. The topological polar surface area (TPSA) is 115 Å². The number of carbonyl (C=O) groups excluding carboxylic acids is 1. The molecule has 0 radical (unpaired) electrons. The minimum absolute atomic E-state index is 0.131. The van der Waals surface area contributed by atoms with Crippen molar-refractivity contribution in [1.29, 1.82) is 0 Å². The van der Waals surface area contributed by atoms with Gasteiger partial charge in [-0.05, 0) is 31.0 Å². The molecule has 0 aliphatic carbocycles. The highest BCUT2D eigenvalue weighted by atomic mass is 32.2. The Bertz CT molecular complexity index is 1200. The fraction of sp³-hybridized carbons (Fsp3) is 0.381. The third kappa shape index (κ3) is 4.54. The molecule has 1 amide bonds. The molecule has 11 heteroatoms. The highest BCUT2D eigenvalue weighted by Gasteiger charge is 2.33. The van der Waals surface area contributed by atoms with Gasteiger partial charge in [0.25, 0.3) is 10.0 Å². The van der Waals surface area contributed by atoms with Crippen molar-refractivity contribution in [1.82, 2.24) is 14.4 Å². The fourth-order valence-electron chi connectivity index (χ4n) is 3.55. The van der Waals surface area contributed by atoms with E-state index in [0.29, 0.717) is 48.0 Å². The van der Waals surface area contributed by atoms with E-state index in [-0.39, 0.29) is 29.1 Å². The van der Waals surface area contributed by atoms with Gasteiger partial charge in [-0.3, -0.25) is 4.79 Å². The summed E-state index contributed by atoms with van der Waals surface area (Å²) in [5, 5.41) is 8.50. The van der Waals surface area contributed by atoms with Gasteiger partial charge in [-0.25, -0.2) is 8.42 Å². The lowest BCUT2D eigenvalue weighted by Gasteiger charge is -2.30. The number of aromatic nitrogens is 2. The van der Waals surface area contributed by atoms with Crippen molar-refractivity contribution in [2.24, 2.45) is 5.92 Å². The van der Waals surface area contributed by atoms with E-state index in [2.05, 4.69) is 15.5 Å². The zero-order chi connectivity index (χ0) is 22.7. The first-order valence-electron chi connectivity index (χ1n) is 10.3. The number of piperidine rings is 1. The summed E-state index contributed by atoms with van der Waals surface area (Å²) in [6.45, 7) is 2.46. The molecule has 1 N–H and O–H groups in total. The maximum atomic E-state index is 13.1. The number of ether oxygens (including phenoxy) is 1. The van der Waals surface area contributed by atoms with E-state index in [0.717, 1.165) is 11.3 Å². The Labute approximate surface area is 190 Å². The van der Waals surface area contributed by atoms with Crippen LogP contribution >= 0.6 is 11.3 Å². The van der Waals surface area contributed by atoms with Crippen LogP contribution in [-0.4, -0.2) is 49.0 Å². The lowest BCUT2D eigenvalue weighted by Crippen LogP contribution is -2.41. The molecule has 0 atom stereocenters. The number of methoxy groups -OCH3 is 1. The molecule has 3 heterocycles. The molecule has 2 aromatic heterocycles. The summed E-state index contributed by atoms with van der Waals surface area (Å²) in [5.74, 6) is 1.07. The highest BCUT2D eigenvalue weighted by Crippen LogP contribution is 2.32. The van der Waals surface area contributed by atoms with Gasteiger partial charge in [0.1, 0.15) is 9.96 Å². The fourth-order valence-corrected chi connectivity index (χ4v) is 6.33. The van der Waals surface area contributed by atoms with E-state index in [1.165, 1.54) is 4.31 Å². The van der Waals surface area contributed by atoms with Gasteiger partial charge >= 0.3 is 0 Å². The van der Waals surface area contributed by atoms with Crippen LogP contribution in [0, 0.1) is 5.92 Å². The molecule has 170 valence electrons. The number of hydrogen-bond donors (Lipinski definition) is 1. The van der Waals surface area contributed by atoms with Gasteiger partial charge < -0.3 is 14.6 Å². The quantitative estimate of drug-likeness (QED) is 0.556. The van der Waals surface area contributed by atoms with E-state index in [4.69, 9.17) is 9.26 Å². The second-order valence-electron chi connectivity index (χ2n) is 7.39. The van der Waals surface area contributed by atoms with Gasteiger partial charge in [-0.1, -0.05) is 24.2 Å². The standard InChI is InChI=1S/C21H24N4O5S2/c1-3-18-23-20(24-30-18)15-12-19(31-13-15)32(27,28)25-10-8-14(9-11-25)21(26)22-16-6-4-5-7-17(16)29-2/h4-7,12-14H,3,8-11H2,1-2H3,(H,22,26). The summed E-state index contributed by atoms with van der Waals surface area (Å²) in [6.07, 6.45) is 1.51. The van der Waals surface area contributed by atoms with E-state index >= 15 is 0 Å². The largest absolute Gasteiger partial charge is 0.495 e. The molecule has 1 aliphatic rings. The molecule has 4 rings (SSSR count). The number of aryl methyl sites for hydroxylation is 1. The third-order valence-corrected chi connectivity index (χ3v) is 8.70. The average Bonchev–Trinajstić information content (AvgIpc) is 3.49. The van der Waals surface area contributed by atoms with Gasteiger partial charge in [0.2, 0.25) is 17.6 Å². The van der Waals surface area contributed by atoms with Gasteiger partial charge in [-0.2, -0.15) is 9.29 Å². The smallest absolute Gasteiger partial charge is 0.252 e. The second kappa shape index (κ2) is 9.39. The number of benzene rings is 1. The van der Waals surface area contributed by atoms with Crippen molar-refractivity contribution in [3.8, 4) is 17.1 Å². The van der Waals surface area contributed by atoms with Gasteiger partial charge in [0.05, 0.1) is 12.8 Å². The van der Waals surface area contributed by atoms with Crippen LogP contribution in [0.4, 0.5) is 5.69 Å². The number of thiophene rings is 1. The number of rotatable bonds is 7. The number of carbonyl (C=O) groups is 1. The van der Waals surface area contributed by atoms with Crippen molar-refractivity contribution in [3.63, 3.8) is 0 Å². The van der Waals surface area contributed by atoms with Crippen LogP contribution in [0.15, 0.2) is 44.4 Å². The van der Waals surface area contributed by atoms with E-state index in [1.54, 1.807) is 30.7 Å². The zero-order valence-corrected chi connectivity index (χ0v) is 19.4. The lowest BCUT2D eigenvalue weighted by molar-refractivity contribution is -0.120. The molecule has 1 aromatic carbocycles. The molecule has 0 saturated carbocycles. The van der Waals surface area contributed by atoms with Gasteiger partial charge in [0, 0.05) is 36.4 Å². The number of nitrogens with one attached hydrogen (secondary N) is 1. The molecular formula is C21H24N4O5S2. The Balaban J connectivity index is 1.39. The predicted octanol–water partition coefficient (Wildman–Crippen LogP) is 3.41. The predicted molar refractivity (Wildman–Crippen MR) is 120 cm³/mol. The van der Waals surface area contributed by atoms with Crippen molar-refractivity contribution < 1.29 is 22.5 Å². The van der Waals surface area contributed by atoms with E-state index < -0.39 is 10.0 Å². The van der Waals surface area contributed by atoms with Crippen LogP contribution in [0.3, 0.4) is 0 Å². The minimum Gasteiger partial charge on any atom is -0.495 e. The summed E-state index contributed by atoms with van der Waals surface area (Å²) >= 11 is 1.13. The maximum absolute atomic E-state index is 13.1. The van der Waals surface area contributed by atoms with E-state index in [1.807, 2.05) is 19.1 Å². The Kier molecular flexibility index (Phi) is 6.58. The number of nitrogens with zero attached hydrogens (tertiary/aromatic N) is 3. The summed E-state index contributed by atoms with van der Waals surface area (Å²) in [6, 6.07) is 8.77. The summed E-state index contributed by atoms with van der Waals surface area (Å²) in [4.78, 5) is 16.9. The van der Waals surface area contributed by atoms with Crippen LogP contribution in [0.2, 0.25) is 0 Å². The van der Waals surface area contributed by atoms with Crippen LogP contribution in [0.25, 0.3) is 11.4 Å². The van der Waals surface area contributed by atoms with Crippen molar-refractivity contribution in [2.45, 2.75) is 30.4 Å². The molecule has 1 saturated heterocycles. The number of anilines is 1. The molecule has 1 aliphatic heterocycles. The van der Waals surface area contributed by atoms with Crippen LogP contribution in [-0.2, 0) is 21.2 Å². The summed E-state index contributed by atoms with van der Waals surface area (Å²) < 4.78 is 38.2. The Morgan fingerprint density at radius 2 is 2.06 bits per heavy atom. The van der Waals surface area contributed by atoms with Crippen molar-refractivity contribution >= 4 is 33.0 Å². The molecule has 0 spiro atoms. The van der Waals surface area contributed by atoms with Crippen molar-refractivity contribution in [2.75, 3.05) is 25.5 Å². The first kappa shape index (κ1) is 22.4. The first-order valence-corrected chi connectivity index (χ1v) is 12.6. The molecule has 1 fully saturated rings. The number of para-hydroxylation sites is 2. The second-order valence-corrected chi connectivity index (χ2v) is 10.5. The van der Waals surface area contributed by atoms with Gasteiger partial charge in [-0.15, -0.1) is 11.3 Å². The van der Waals surface area contributed by atoms with Crippen LogP contribution in [0.5, 0.6) is 5.75 Å². The maximum Gasteiger partial charge on any atom is 0.252 e. The average molecular weight is 477 g/mol. The van der Waals surface area contributed by atoms with Crippen LogP contribution in [0.1, 0.15) is 25.7 Å². The van der Waals surface area contributed by atoms with Crippen molar-refractivity contribution in [3.05, 3.63) is 41.6 Å². The normalized spacial score (nSPS) is 15.6. The zero-order valence-electron chi connectivity index (χ0n) is 17.8. The van der Waals surface area contributed by atoms with Gasteiger partial charge in [0.15, 0.2) is 0 Å². The monoisotopic (exact) mass is 476 g/mol. The summed E-state index contributed by atoms with van der Waals surface area (Å²) in [5.41, 5.74) is 1.22. The molecule has 0 unspecified atom stereocenters. The molecule has 3 aromatic rings. The number of hydrogen-bond acceptors (Lipinski definition) is 8. The molecular weight excluding hydrogens is 452 g/mol. The lowest BCUT2D eigenvalue weighted by atomic mass is 9.97. The SMILES string of the molecule is CCc1nc(-c2csc(S(=O)(=O)N3CCC(C(=O)Nc4ccccc4OC)CC3)c2)no1.